The van der Waals surface area contributed by atoms with E-state index >= 15 is 0 Å². The molecule has 0 N–H and O–H groups in total. The first kappa shape index (κ1) is 34.9. The van der Waals surface area contributed by atoms with Gasteiger partial charge in [0, 0.05) is 19.5 Å². The Bertz CT molecular complexity index is 896. The Balaban J connectivity index is 0.000000335. The van der Waals surface area contributed by atoms with Gasteiger partial charge in [0.05, 0.1) is 0 Å². The van der Waals surface area contributed by atoms with Crippen molar-refractivity contribution in [1.82, 2.24) is 0 Å². The number of hydrogen-bond acceptors (Lipinski definition) is 3. The van der Waals surface area contributed by atoms with Gasteiger partial charge in [0.2, 0.25) is 0 Å². The van der Waals surface area contributed by atoms with Crippen molar-refractivity contribution in [3.63, 3.8) is 0 Å². The quantitative estimate of drug-likeness (QED) is 0.107. The molecule has 0 unspecified atom stereocenters. The fourth-order valence-corrected chi connectivity index (χ4v) is 12.3. The minimum atomic E-state index is -6.09. The topological polar surface area (TPSA) is 57.2 Å². The molecule has 2 saturated heterocycles. The van der Waals surface area contributed by atoms with E-state index in [1.165, 1.54) is 51.4 Å². The molecule has 3 nitrogen and oxygen atoms in total. The predicted molar refractivity (Wildman–Crippen MR) is 148 cm³/mol. The third-order valence-electron chi connectivity index (χ3n) is 6.96. The van der Waals surface area contributed by atoms with Crippen LogP contribution in [0, 0.1) is 0 Å². The van der Waals surface area contributed by atoms with Crippen molar-refractivity contribution in [3.05, 3.63) is 48.6 Å². The Morgan fingerprint density at radius 1 is 0.703 bits per heavy atom. The second-order valence-corrected chi connectivity index (χ2v) is 17.3. The molecule has 1 aromatic carbocycles. The summed E-state index contributed by atoms with van der Waals surface area (Å²) in [4.78, 5) is 0. The van der Waals surface area contributed by atoms with Gasteiger partial charge in [0.25, 0.3) is 0 Å². The van der Waals surface area contributed by atoms with Crippen LogP contribution in [0.1, 0.15) is 79.1 Å². The molecule has 1 radical (unpaired) electrons. The maximum Gasteiger partial charge on any atom is 0.485 e. The molecular weight excluding hydrogens is 626 g/mol. The molecule has 0 saturated carbocycles. The molecule has 2 heterocycles. The summed E-state index contributed by atoms with van der Waals surface area (Å²) >= 11 is 0. The Morgan fingerprint density at radius 3 is 1.16 bits per heavy atom. The summed E-state index contributed by atoms with van der Waals surface area (Å²) in [7, 11) is -5.93. The van der Waals surface area contributed by atoms with Gasteiger partial charge < -0.3 is 4.55 Å². The van der Waals surface area contributed by atoms with E-state index in [1.807, 2.05) is 0 Å². The van der Waals surface area contributed by atoms with Gasteiger partial charge in [-0.15, -0.1) is 0 Å². The average molecular weight is 667 g/mol. The summed E-state index contributed by atoms with van der Waals surface area (Å²) in [6.45, 7) is 10.0. The van der Waals surface area contributed by atoms with Crippen LogP contribution in [-0.2, 0) is 29.6 Å². The van der Waals surface area contributed by atoms with Crippen LogP contribution >= 0.6 is 15.8 Å². The first-order valence-electron chi connectivity index (χ1n) is 12.8. The molecule has 1 aliphatic carbocycles. The van der Waals surface area contributed by atoms with Gasteiger partial charge in [0.15, 0.2) is 10.1 Å². The first-order valence-corrected chi connectivity index (χ1v) is 17.2. The molecule has 0 aromatic heterocycles. The molecule has 4 atom stereocenters. The van der Waals surface area contributed by atoms with Gasteiger partial charge in [-0.05, 0) is 84.6 Å². The molecule has 1 aromatic rings. The van der Waals surface area contributed by atoms with Crippen LogP contribution in [-0.4, -0.2) is 41.1 Å². The van der Waals surface area contributed by atoms with Crippen LogP contribution < -0.4 is 10.6 Å². The minimum absolute atomic E-state index is 0. The normalized spacial score (nSPS) is 27.6. The molecule has 4 rings (SSSR count). The van der Waals surface area contributed by atoms with Crippen molar-refractivity contribution in [2.24, 2.45) is 0 Å². The van der Waals surface area contributed by atoms with Gasteiger partial charge in [-0.1, -0.05) is 92.1 Å². The molecule has 2 aliphatic heterocycles. The third-order valence-corrected chi connectivity index (χ3v) is 14.4. The van der Waals surface area contributed by atoms with Gasteiger partial charge in [0.1, 0.15) is 0 Å². The van der Waals surface area contributed by atoms with E-state index in [9.17, 15) is 13.2 Å². The van der Waals surface area contributed by atoms with E-state index in [-0.39, 0.29) is 35.3 Å². The van der Waals surface area contributed by atoms with Gasteiger partial charge in [-0.3, -0.25) is 0 Å². The average Bonchev–Trinajstić information content (AvgIpc) is 3.27. The maximum absolute atomic E-state index is 10.7. The van der Waals surface area contributed by atoms with Crippen molar-refractivity contribution in [2.45, 2.75) is 107 Å². The van der Waals surface area contributed by atoms with Crippen molar-refractivity contribution in [1.29, 1.82) is 0 Å². The molecule has 0 bridgehead atoms. The number of alkyl halides is 3. The molecule has 3 aliphatic rings. The Kier molecular flexibility index (Phi) is 15.3. The molecule has 2 fully saturated rings. The van der Waals surface area contributed by atoms with Crippen molar-refractivity contribution >= 4 is 36.6 Å². The van der Waals surface area contributed by atoms with Crippen molar-refractivity contribution in [3.8, 4) is 0 Å². The van der Waals surface area contributed by atoms with E-state index < -0.39 is 15.6 Å². The summed E-state index contributed by atoms with van der Waals surface area (Å²) in [6, 6.07) is 9.55. The van der Waals surface area contributed by atoms with E-state index in [4.69, 9.17) is 13.0 Å². The van der Waals surface area contributed by atoms with Crippen LogP contribution in [0.25, 0.3) is 0 Å². The molecule has 0 amide bonds. The molecule has 213 valence electrons. The SMILES string of the molecule is C1=CCC/C=C\CC1.C[C@@H]1CC[C@@H](C)P1c1ccccc1P1[C@H](C)CC[C@H]1C.O=S(=O)([O-])C(F)(F)F.[Rh]. The van der Waals surface area contributed by atoms with Crippen LogP contribution in [0.5, 0.6) is 0 Å². The maximum atomic E-state index is 10.7. The number of halogens is 3. The molecule has 10 heteroatoms. The van der Waals surface area contributed by atoms with E-state index in [0.29, 0.717) is 0 Å². The number of hydrogen-bond donors (Lipinski definition) is 0. The van der Waals surface area contributed by atoms with Crippen molar-refractivity contribution in [2.75, 3.05) is 0 Å². The zero-order valence-corrected chi connectivity index (χ0v) is 26.3. The number of allylic oxidation sites excluding steroid dienone is 4. The zero-order valence-electron chi connectivity index (χ0n) is 22.1. The zero-order chi connectivity index (χ0) is 26.9. The van der Waals surface area contributed by atoms with Gasteiger partial charge in [-0.25, -0.2) is 8.42 Å². The summed E-state index contributed by atoms with van der Waals surface area (Å²) in [5.41, 5.74) is -1.91. The third kappa shape index (κ3) is 10.8. The number of rotatable bonds is 2. The minimum Gasteiger partial charge on any atom is -0.741 e. The smallest absolute Gasteiger partial charge is 0.485 e. The second kappa shape index (κ2) is 16.2. The van der Waals surface area contributed by atoms with E-state index in [2.05, 4.69) is 76.3 Å². The summed E-state index contributed by atoms with van der Waals surface area (Å²) in [6.07, 6.45) is 19.8. The standard InChI is InChI=1S/C18H28P2.C8H12.CHF3O3S.Rh/c1-13-9-10-14(2)19(13)17-7-5-6-8-18(17)20-15(3)11-12-16(20)4;1-2-4-6-8-7-5-3-1;2-1(3,4)8(5,6)7;/h5-8,13-16H,9-12H2,1-4H3;1-2,7-8H,3-6H2;(H,5,6,7);/p-1/b;2-1-,8-7?;;/t13-,14-,15-,16-;;;/m1.../s1. The van der Waals surface area contributed by atoms with E-state index in [1.54, 1.807) is 10.6 Å². The van der Waals surface area contributed by atoms with Gasteiger partial charge in [-0.2, -0.15) is 13.2 Å². The summed E-state index contributed by atoms with van der Waals surface area (Å²) < 4.78 is 58.9. The Hall–Kier alpha value is -0.117. The fourth-order valence-electron chi connectivity index (χ4n) is 5.10. The second-order valence-electron chi connectivity index (χ2n) is 9.85. The van der Waals surface area contributed by atoms with Gasteiger partial charge >= 0.3 is 5.51 Å². The van der Waals surface area contributed by atoms with E-state index in [0.717, 1.165) is 22.6 Å². The van der Waals surface area contributed by atoms with Crippen LogP contribution in [0.2, 0.25) is 0 Å². The molecule has 37 heavy (non-hydrogen) atoms. The van der Waals surface area contributed by atoms with Crippen LogP contribution in [0.3, 0.4) is 0 Å². The largest absolute Gasteiger partial charge is 0.741 e. The Morgan fingerprint density at radius 2 is 0.946 bits per heavy atom. The molecular formula is C27H40F3O3P2RhS-. The summed E-state index contributed by atoms with van der Waals surface area (Å²) in [5, 5.41) is 3.57. The summed E-state index contributed by atoms with van der Waals surface area (Å²) in [5.74, 6) is 0. The van der Waals surface area contributed by atoms with Crippen LogP contribution in [0.15, 0.2) is 48.6 Å². The number of benzene rings is 1. The Labute approximate surface area is 237 Å². The fraction of sp³-hybridized carbons (Fsp3) is 0.630. The monoisotopic (exact) mass is 666 g/mol. The first-order chi connectivity index (χ1) is 16.8. The molecule has 0 spiro atoms. The predicted octanol–water partition coefficient (Wildman–Crippen LogP) is 7.76. The van der Waals surface area contributed by atoms with Crippen molar-refractivity contribution < 1.29 is 45.6 Å². The van der Waals surface area contributed by atoms with Crippen LogP contribution in [0.4, 0.5) is 13.2 Å².